The second kappa shape index (κ2) is 4.72. The smallest absolute Gasteiger partial charge is 0.188 e. The van der Waals surface area contributed by atoms with Gasteiger partial charge in [-0.2, -0.15) is 0 Å². The summed E-state index contributed by atoms with van der Waals surface area (Å²) in [6.45, 7) is -0.0629. The normalized spacial score (nSPS) is 9.93. The minimum Gasteiger partial charge on any atom is -0.497 e. The van der Waals surface area contributed by atoms with E-state index >= 15 is 0 Å². The Morgan fingerprint density at radius 2 is 2.07 bits per heavy atom. The molecule has 0 heterocycles. The van der Waals surface area contributed by atoms with Gasteiger partial charge in [0.1, 0.15) is 18.2 Å². The maximum absolute atomic E-state index is 12.9. The molecule has 3 nitrogen and oxygen atoms in total. The minimum absolute atomic E-state index is 0.0629. The summed E-state index contributed by atoms with van der Waals surface area (Å²) in [5.41, 5.74) is 0.253. The fourth-order valence-corrected chi connectivity index (χ4v) is 1.06. The average Bonchev–Trinajstić information content (AvgIpc) is 2.17. The third-order valence-electron chi connectivity index (χ3n) is 1.70. The van der Waals surface area contributed by atoms with E-state index in [2.05, 4.69) is 4.74 Å². The molecule has 0 saturated carbocycles. The van der Waals surface area contributed by atoms with Gasteiger partial charge in [-0.05, 0) is 12.1 Å². The van der Waals surface area contributed by atoms with Crippen molar-refractivity contribution >= 4 is 5.78 Å². The van der Waals surface area contributed by atoms with E-state index in [9.17, 15) is 9.18 Å². The van der Waals surface area contributed by atoms with Crippen LogP contribution in [0.2, 0.25) is 0 Å². The molecule has 14 heavy (non-hydrogen) atoms. The van der Waals surface area contributed by atoms with Crippen LogP contribution in [0.5, 0.6) is 5.75 Å². The van der Waals surface area contributed by atoms with E-state index in [1.54, 1.807) is 0 Å². The summed E-state index contributed by atoms with van der Waals surface area (Å²) in [6, 6.07) is 3.85. The Balaban J connectivity index is 2.96. The van der Waals surface area contributed by atoms with Crippen LogP contribution >= 0.6 is 0 Å². The number of hydrogen-bond acceptors (Lipinski definition) is 3. The maximum atomic E-state index is 12.9. The zero-order chi connectivity index (χ0) is 10.6. The zero-order valence-corrected chi connectivity index (χ0v) is 8.04. The van der Waals surface area contributed by atoms with Crippen LogP contribution < -0.4 is 4.74 Å². The molecule has 0 bridgehead atoms. The van der Waals surface area contributed by atoms with Gasteiger partial charge in [-0.1, -0.05) is 0 Å². The molecule has 0 N–H and O–H groups in total. The van der Waals surface area contributed by atoms with Crippen molar-refractivity contribution in [2.24, 2.45) is 0 Å². The van der Waals surface area contributed by atoms with Gasteiger partial charge < -0.3 is 9.47 Å². The van der Waals surface area contributed by atoms with Crippen molar-refractivity contribution in [3.8, 4) is 5.75 Å². The number of benzene rings is 1. The predicted octanol–water partition coefficient (Wildman–Crippen LogP) is 1.66. The highest BCUT2D eigenvalue weighted by Gasteiger charge is 2.08. The number of carbonyl (C=O) groups is 1. The molecular formula is C10H11FO3. The van der Waals surface area contributed by atoms with Crippen molar-refractivity contribution in [1.82, 2.24) is 0 Å². The second-order valence-corrected chi connectivity index (χ2v) is 2.74. The first kappa shape index (κ1) is 10.7. The van der Waals surface area contributed by atoms with Crippen molar-refractivity contribution in [2.75, 3.05) is 20.8 Å². The van der Waals surface area contributed by atoms with E-state index in [1.165, 1.54) is 26.4 Å². The third-order valence-corrected chi connectivity index (χ3v) is 1.70. The SMILES string of the molecule is COCC(=O)c1cc(F)cc(OC)c1. The summed E-state index contributed by atoms with van der Waals surface area (Å²) in [6.07, 6.45) is 0. The van der Waals surface area contributed by atoms with Crippen LogP contribution in [0.4, 0.5) is 4.39 Å². The number of ether oxygens (including phenoxy) is 2. The fraction of sp³-hybridized carbons (Fsp3) is 0.300. The monoisotopic (exact) mass is 198 g/mol. The van der Waals surface area contributed by atoms with Crippen molar-refractivity contribution in [3.05, 3.63) is 29.6 Å². The average molecular weight is 198 g/mol. The van der Waals surface area contributed by atoms with Gasteiger partial charge in [-0.3, -0.25) is 4.79 Å². The van der Waals surface area contributed by atoms with Gasteiger partial charge in [0.2, 0.25) is 0 Å². The van der Waals surface area contributed by atoms with Crippen LogP contribution in [0.3, 0.4) is 0 Å². The van der Waals surface area contributed by atoms with Crippen molar-refractivity contribution in [3.63, 3.8) is 0 Å². The number of methoxy groups -OCH3 is 2. The minimum atomic E-state index is -0.496. The molecule has 1 aromatic rings. The van der Waals surface area contributed by atoms with Crippen LogP contribution in [-0.4, -0.2) is 26.6 Å². The van der Waals surface area contributed by atoms with Crippen LogP contribution in [0.25, 0.3) is 0 Å². The quantitative estimate of drug-likeness (QED) is 0.690. The molecule has 0 amide bonds. The summed E-state index contributed by atoms with van der Waals surface area (Å²) in [5.74, 6) is -0.446. The highest BCUT2D eigenvalue weighted by Crippen LogP contribution is 2.16. The lowest BCUT2D eigenvalue weighted by Gasteiger charge is -2.03. The van der Waals surface area contributed by atoms with Gasteiger partial charge in [-0.25, -0.2) is 4.39 Å². The summed E-state index contributed by atoms with van der Waals surface area (Å²) in [5, 5.41) is 0. The number of rotatable bonds is 4. The van der Waals surface area contributed by atoms with E-state index in [1.807, 2.05) is 0 Å². The van der Waals surface area contributed by atoms with Crippen LogP contribution in [-0.2, 0) is 4.74 Å². The number of halogens is 1. The molecule has 0 aromatic heterocycles. The number of hydrogen-bond donors (Lipinski definition) is 0. The Morgan fingerprint density at radius 1 is 1.36 bits per heavy atom. The van der Waals surface area contributed by atoms with E-state index in [0.29, 0.717) is 5.75 Å². The van der Waals surface area contributed by atoms with E-state index in [0.717, 1.165) is 6.07 Å². The molecule has 0 atom stereocenters. The van der Waals surface area contributed by atoms with Crippen molar-refractivity contribution in [2.45, 2.75) is 0 Å². The fourth-order valence-electron chi connectivity index (χ4n) is 1.06. The lowest BCUT2D eigenvalue weighted by atomic mass is 10.1. The molecule has 0 aliphatic heterocycles. The topological polar surface area (TPSA) is 35.5 Å². The highest BCUT2D eigenvalue weighted by atomic mass is 19.1. The summed E-state index contributed by atoms with van der Waals surface area (Å²) in [7, 11) is 2.83. The van der Waals surface area contributed by atoms with Gasteiger partial charge in [0.25, 0.3) is 0 Å². The zero-order valence-electron chi connectivity index (χ0n) is 8.04. The van der Waals surface area contributed by atoms with E-state index < -0.39 is 5.82 Å². The van der Waals surface area contributed by atoms with Crippen LogP contribution in [0.1, 0.15) is 10.4 Å². The Hall–Kier alpha value is -1.42. The highest BCUT2D eigenvalue weighted by molar-refractivity contribution is 5.97. The van der Waals surface area contributed by atoms with Gasteiger partial charge in [0.15, 0.2) is 5.78 Å². The van der Waals surface area contributed by atoms with Gasteiger partial charge in [0.05, 0.1) is 7.11 Å². The first-order valence-electron chi connectivity index (χ1n) is 4.04. The Kier molecular flexibility index (Phi) is 3.59. The summed E-state index contributed by atoms with van der Waals surface area (Å²) >= 11 is 0. The molecule has 0 radical (unpaired) electrons. The molecule has 0 spiro atoms. The maximum Gasteiger partial charge on any atom is 0.188 e. The number of carbonyl (C=O) groups excluding carboxylic acids is 1. The number of Topliss-reactive ketones (excluding diaryl/α,β-unsaturated/α-hetero) is 1. The summed E-state index contributed by atoms with van der Waals surface area (Å²) in [4.78, 5) is 11.3. The molecule has 1 rings (SSSR count). The third kappa shape index (κ3) is 2.53. The van der Waals surface area contributed by atoms with Crippen molar-refractivity contribution < 1.29 is 18.7 Å². The number of ketones is 1. The first-order valence-corrected chi connectivity index (χ1v) is 4.04. The van der Waals surface area contributed by atoms with Crippen LogP contribution in [0.15, 0.2) is 18.2 Å². The lowest BCUT2D eigenvalue weighted by molar-refractivity contribution is 0.0847. The predicted molar refractivity (Wildman–Crippen MR) is 49.2 cm³/mol. The largest absolute Gasteiger partial charge is 0.497 e. The van der Waals surface area contributed by atoms with Gasteiger partial charge in [0, 0.05) is 18.7 Å². The Morgan fingerprint density at radius 3 is 2.64 bits per heavy atom. The van der Waals surface area contributed by atoms with Gasteiger partial charge >= 0.3 is 0 Å². The molecule has 0 aliphatic rings. The van der Waals surface area contributed by atoms with E-state index in [-0.39, 0.29) is 18.0 Å². The second-order valence-electron chi connectivity index (χ2n) is 2.74. The van der Waals surface area contributed by atoms with E-state index in [4.69, 9.17) is 4.74 Å². The Bertz CT molecular complexity index is 336. The van der Waals surface area contributed by atoms with Crippen molar-refractivity contribution in [1.29, 1.82) is 0 Å². The standard InChI is InChI=1S/C10H11FO3/c1-13-6-10(12)7-3-8(11)5-9(4-7)14-2/h3-5H,6H2,1-2H3. The Labute approximate surface area is 81.4 Å². The molecule has 4 heteroatoms. The first-order chi connectivity index (χ1) is 6.67. The molecular weight excluding hydrogens is 187 g/mol. The molecule has 0 unspecified atom stereocenters. The van der Waals surface area contributed by atoms with Gasteiger partial charge in [-0.15, -0.1) is 0 Å². The molecule has 0 saturated heterocycles. The lowest BCUT2D eigenvalue weighted by Crippen LogP contribution is -2.07. The molecule has 0 aliphatic carbocycles. The molecule has 76 valence electrons. The molecule has 0 fully saturated rings. The van der Waals surface area contributed by atoms with Crippen LogP contribution in [0, 0.1) is 5.82 Å². The molecule has 1 aromatic carbocycles. The summed E-state index contributed by atoms with van der Waals surface area (Å²) < 4.78 is 22.4.